The number of nitrogens with one attached hydrogen (secondary N) is 1. The van der Waals surface area contributed by atoms with E-state index in [1.54, 1.807) is 0 Å². The molecule has 0 unspecified atom stereocenters. The summed E-state index contributed by atoms with van der Waals surface area (Å²) >= 11 is 9.00. The van der Waals surface area contributed by atoms with Crippen molar-refractivity contribution in [2.45, 2.75) is 0 Å². The first kappa shape index (κ1) is 9.84. The lowest BCUT2D eigenvalue weighted by Gasteiger charge is -1.87. The van der Waals surface area contributed by atoms with Gasteiger partial charge in [0.25, 0.3) is 0 Å². The minimum Gasteiger partial charge on any atom is -0.329 e. The van der Waals surface area contributed by atoms with Crippen LogP contribution < -0.4 is 0 Å². The van der Waals surface area contributed by atoms with Gasteiger partial charge in [0.1, 0.15) is 0 Å². The smallest absolute Gasteiger partial charge is 0.201 e. The second-order valence-electron chi connectivity index (χ2n) is 2.19. The number of nitrogens with zero attached hydrogens (tertiary/aromatic N) is 1. The van der Waals surface area contributed by atoms with E-state index in [9.17, 15) is 0 Å². The van der Waals surface area contributed by atoms with Gasteiger partial charge >= 0.3 is 0 Å². The predicted octanol–water partition coefficient (Wildman–Crippen LogP) is 3.40. The molecule has 1 aromatic heterocycles. The Labute approximate surface area is 88.9 Å². The fourth-order valence-electron chi connectivity index (χ4n) is 0.951. The number of benzene rings is 1. The number of H-pyrrole nitrogens is 1. The van der Waals surface area contributed by atoms with Crippen LogP contribution in [0.15, 0.2) is 22.7 Å². The Kier molecular flexibility index (Phi) is 2.99. The number of hydrogen-bond donors (Lipinski definition) is 1. The van der Waals surface area contributed by atoms with Crippen molar-refractivity contribution in [3.63, 3.8) is 0 Å². The molecule has 0 atom stereocenters. The molecule has 1 heterocycles. The summed E-state index contributed by atoms with van der Waals surface area (Å²) in [6, 6.07) is 5.77. The van der Waals surface area contributed by atoms with Crippen LogP contribution in [-0.4, -0.2) is 9.97 Å². The van der Waals surface area contributed by atoms with E-state index >= 15 is 0 Å². The monoisotopic (exact) mass is 266 g/mol. The molecule has 0 fully saturated rings. The average molecular weight is 268 g/mol. The summed E-state index contributed by atoms with van der Waals surface area (Å²) in [5.74, 6) is 0. The molecule has 0 bridgehead atoms. The van der Waals surface area contributed by atoms with E-state index in [4.69, 9.17) is 11.6 Å². The summed E-state index contributed by atoms with van der Waals surface area (Å²) in [5.41, 5.74) is 1.84. The Morgan fingerprint density at radius 1 is 1.42 bits per heavy atom. The zero-order valence-electron chi connectivity index (χ0n) is 5.84. The molecule has 2 rings (SSSR count). The summed E-state index contributed by atoms with van der Waals surface area (Å²) in [6.45, 7) is 0. The van der Waals surface area contributed by atoms with Gasteiger partial charge in [-0.05, 0) is 29.8 Å². The predicted molar refractivity (Wildman–Crippen MR) is 56.1 cm³/mol. The van der Waals surface area contributed by atoms with E-state index in [0.717, 1.165) is 15.5 Å². The topological polar surface area (TPSA) is 28.7 Å². The summed E-state index contributed by atoms with van der Waals surface area (Å²) in [4.78, 5) is 6.97. The first-order valence-electron chi connectivity index (χ1n) is 3.06. The lowest BCUT2D eigenvalue weighted by Crippen LogP contribution is -1.67. The molecule has 2 aromatic rings. The molecular formula is C7H5BrCl2N2. The SMILES string of the molecule is Cl.Clc1nc2ccc(Br)cc2[nH]1. The van der Waals surface area contributed by atoms with Crippen LogP contribution in [0.3, 0.4) is 0 Å². The van der Waals surface area contributed by atoms with Crippen LogP contribution in [0, 0.1) is 0 Å². The number of rotatable bonds is 0. The van der Waals surface area contributed by atoms with E-state index in [-0.39, 0.29) is 12.4 Å². The zero-order chi connectivity index (χ0) is 7.84. The largest absolute Gasteiger partial charge is 0.329 e. The van der Waals surface area contributed by atoms with Crippen molar-refractivity contribution in [1.29, 1.82) is 0 Å². The standard InChI is InChI=1S/C7H4BrClN2.ClH/c8-4-1-2-5-6(3-4)11-7(9)10-5;/h1-3H,(H,10,11);1H. The Balaban J connectivity index is 0.000000720. The van der Waals surface area contributed by atoms with Gasteiger partial charge in [-0.2, -0.15) is 0 Å². The molecule has 12 heavy (non-hydrogen) atoms. The number of aromatic amines is 1. The van der Waals surface area contributed by atoms with Crippen molar-refractivity contribution < 1.29 is 0 Å². The fraction of sp³-hybridized carbons (Fsp3) is 0. The minimum absolute atomic E-state index is 0. The number of hydrogen-bond acceptors (Lipinski definition) is 1. The molecule has 0 saturated heterocycles. The van der Waals surface area contributed by atoms with Crippen LogP contribution in [0.1, 0.15) is 0 Å². The van der Waals surface area contributed by atoms with Gasteiger partial charge < -0.3 is 4.98 Å². The van der Waals surface area contributed by atoms with Gasteiger partial charge in [-0.1, -0.05) is 15.9 Å². The number of fused-ring (bicyclic) bond motifs is 1. The van der Waals surface area contributed by atoms with Crippen molar-refractivity contribution in [3.05, 3.63) is 28.0 Å². The maximum Gasteiger partial charge on any atom is 0.201 e. The Morgan fingerprint density at radius 3 is 2.92 bits per heavy atom. The minimum atomic E-state index is 0. The summed E-state index contributed by atoms with van der Waals surface area (Å²) in [7, 11) is 0. The molecule has 0 aliphatic rings. The highest BCUT2D eigenvalue weighted by Gasteiger charge is 1.98. The lowest BCUT2D eigenvalue weighted by atomic mass is 10.3. The van der Waals surface area contributed by atoms with Gasteiger partial charge in [-0.25, -0.2) is 4.98 Å². The van der Waals surface area contributed by atoms with Crippen LogP contribution in [-0.2, 0) is 0 Å². The van der Waals surface area contributed by atoms with Gasteiger partial charge in [-0.15, -0.1) is 12.4 Å². The number of aromatic nitrogens is 2. The molecule has 1 aromatic carbocycles. The Morgan fingerprint density at radius 2 is 2.17 bits per heavy atom. The first-order valence-corrected chi connectivity index (χ1v) is 4.23. The average Bonchev–Trinajstić information content (AvgIpc) is 2.27. The number of imidazole rings is 1. The quantitative estimate of drug-likeness (QED) is 0.779. The molecule has 0 spiro atoms. The molecule has 1 N–H and O–H groups in total. The number of halogens is 3. The Bertz CT molecular complexity index is 399. The fourth-order valence-corrected chi connectivity index (χ4v) is 1.50. The summed E-state index contributed by atoms with van der Waals surface area (Å²) in [5, 5.41) is 0.429. The second-order valence-corrected chi connectivity index (χ2v) is 3.46. The van der Waals surface area contributed by atoms with E-state index in [1.807, 2.05) is 18.2 Å². The molecule has 0 amide bonds. The summed E-state index contributed by atoms with van der Waals surface area (Å²) in [6.07, 6.45) is 0. The molecule has 0 aliphatic carbocycles. The third-order valence-electron chi connectivity index (χ3n) is 1.42. The van der Waals surface area contributed by atoms with Crippen molar-refractivity contribution in [3.8, 4) is 0 Å². The van der Waals surface area contributed by atoms with Gasteiger partial charge in [0.2, 0.25) is 5.28 Å². The highest BCUT2D eigenvalue weighted by molar-refractivity contribution is 9.10. The Hall–Kier alpha value is -0.250. The van der Waals surface area contributed by atoms with Crippen molar-refractivity contribution in [2.24, 2.45) is 0 Å². The van der Waals surface area contributed by atoms with E-state index in [1.165, 1.54) is 0 Å². The van der Waals surface area contributed by atoms with Crippen LogP contribution in [0.2, 0.25) is 5.28 Å². The van der Waals surface area contributed by atoms with Crippen LogP contribution in [0.5, 0.6) is 0 Å². The highest BCUT2D eigenvalue weighted by Crippen LogP contribution is 2.18. The first-order chi connectivity index (χ1) is 5.25. The highest BCUT2D eigenvalue weighted by atomic mass is 79.9. The molecule has 0 saturated carbocycles. The van der Waals surface area contributed by atoms with Gasteiger partial charge in [0.05, 0.1) is 11.0 Å². The van der Waals surface area contributed by atoms with Crippen molar-refractivity contribution in [1.82, 2.24) is 9.97 Å². The van der Waals surface area contributed by atoms with Crippen molar-refractivity contribution >= 4 is 51.0 Å². The lowest BCUT2D eigenvalue weighted by molar-refractivity contribution is 1.34. The molecular weight excluding hydrogens is 263 g/mol. The third-order valence-corrected chi connectivity index (χ3v) is 2.09. The molecule has 2 nitrogen and oxygen atoms in total. The van der Waals surface area contributed by atoms with Gasteiger partial charge in [0.15, 0.2) is 0 Å². The maximum absolute atomic E-state index is 5.65. The summed E-state index contributed by atoms with van der Waals surface area (Å²) < 4.78 is 1.02. The van der Waals surface area contributed by atoms with Gasteiger partial charge in [0, 0.05) is 4.47 Å². The second kappa shape index (κ2) is 3.64. The molecule has 64 valence electrons. The van der Waals surface area contributed by atoms with E-state index in [2.05, 4.69) is 25.9 Å². The molecule has 0 radical (unpaired) electrons. The zero-order valence-corrected chi connectivity index (χ0v) is 9.00. The van der Waals surface area contributed by atoms with E-state index in [0.29, 0.717) is 5.28 Å². The van der Waals surface area contributed by atoms with Crippen LogP contribution >= 0.6 is 39.9 Å². The molecule has 5 heteroatoms. The normalized spacial score (nSPS) is 9.83. The third kappa shape index (κ3) is 1.73. The van der Waals surface area contributed by atoms with Gasteiger partial charge in [-0.3, -0.25) is 0 Å². The maximum atomic E-state index is 5.65. The van der Waals surface area contributed by atoms with Crippen LogP contribution in [0.25, 0.3) is 11.0 Å². The molecule has 0 aliphatic heterocycles. The van der Waals surface area contributed by atoms with Crippen molar-refractivity contribution in [2.75, 3.05) is 0 Å². The van der Waals surface area contributed by atoms with E-state index < -0.39 is 0 Å². The van der Waals surface area contributed by atoms with Crippen LogP contribution in [0.4, 0.5) is 0 Å².